The van der Waals surface area contributed by atoms with Gasteiger partial charge in [-0.1, -0.05) is 12.1 Å². The van der Waals surface area contributed by atoms with Crippen LogP contribution in [0.1, 0.15) is 15.9 Å². The number of hydrogen-bond donors (Lipinski definition) is 0. The number of benzene rings is 2. The van der Waals surface area contributed by atoms with Crippen LogP contribution in [-0.2, 0) is 16.1 Å². The number of carbonyl (C=O) groups excluding carboxylic acids is 2. The van der Waals surface area contributed by atoms with Crippen molar-refractivity contribution in [2.24, 2.45) is 0 Å². The number of thioether (sulfide) groups is 1. The molecule has 0 aromatic heterocycles. The quantitative estimate of drug-likeness (QED) is 0.282. The van der Waals surface area contributed by atoms with Crippen LogP contribution in [0.2, 0.25) is 0 Å². The summed E-state index contributed by atoms with van der Waals surface area (Å²) >= 11 is 1.21. The zero-order chi connectivity index (χ0) is 21.6. The molecule has 9 heteroatoms. The van der Waals surface area contributed by atoms with Gasteiger partial charge in [-0.25, -0.2) is 4.79 Å². The number of amides is 1. The van der Waals surface area contributed by atoms with Crippen LogP contribution >= 0.6 is 11.8 Å². The fourth-order valence-electron chi connectivity index (χ4n) is 2.54. The van der Waals surface area contributed by atoms with Crippen LogP contribution in [0.4, 0.5) is 11.4 Å². The Bertz CT molecular complexity index is 899. The van der Waals surface area contributed by atoms with Gasteiger partial charge in [0.2, 0.25) is 0 Å². The van der Waals surface area contributed by atoms with Crippen LogP contribution in [0.3, 0.4) is 0 Å². The van der Waals surface area contributed by atoms with E-state index in [1.165, 1.54) is 28.8 Å². The van der Waals surface area contributed by atoms with Crippen LogP contribution in [0.5, 0.6) is 0 Å². The Morgan fingerprint density at radius 3 is 2.31 bits per heavy atom. The number of anilines is 1. The predicted octanol–water partition coefficient (Wildman–Crippen LogP) is 3.20. The zero-order valence-corrected chi connectivity index (χ0v) is 17.6. The van der Waals surface area contributed by atoms with Crippen molar-refractivity contribution < 1.29 is 19.2 Å². The molecular formula is C20H23N3O5S. The topological polar surface area (TPSA) is 93.0 Å². The van der Waals surface area contributed by atoms with Crippen LogP contribution in [0.15, 0.2) is 47.4 Å². The molecule has 0 spiro atoms. The number of carbonyl (C=O) groups is 2. The highest BCUT2D eigenvalue weighted by molar-refractivity contribution is 7.98. The van der Waals surface area contributed by atoms with Crippen LogP contribution < -0.4 is 4.90 Å². The van der Waals surface area contributed by atoms with Crippen molar-refractivity contribution in [3.8, 4) is 0 Å². The summed E-state index contributed by atoms with van der Waals surface area (Å²) < 4.78 is 5.04. The minimum Gasteiger partial charge on any atom is -0.452 e. The van der Waals surface area contributed by atoms with E-state index in [4.69, 9.17) is 4.74 Å². The summed E-state index contributed by atoms with van der Waals surface area (Å²) in [6.07, 6.45) is 1.71. The number of ether oxygens (including phenoxy) is 1. The second kappa shape index (κ2) is 9.92. The molecule has 0 radical (unpaired) electrons. The van der Waals surface area contributed by atoms with E-state index < -0.39 is 17.5 Å². The third-order valence-corrected chi connectivity index (χ3v) is 5.02. The standard InChI is InChI=1S/C20H23N3O5S/c1-21(2)16-8-5-14(6-9-16)12-22(3)19(24)13-28-20(25)15-7-10-18(29-4)17(11-15)23(26)27/h5-11H,12-13H2,1-4H3. The second-order valence-electron chi connectivity index (χ2n) is 6.53. The maximum Gasteiger partial charge on any atom is 0.338 e. The van der Waals surface area contributed by atoms with E-state index in [1.54, 1.807) is 13.3 Å². The Morgan fingerprint density at radius 2 is 1.76 bits per heavy atom. The molecule has 0 fully saturated rings. The highest BCUT2D eigenvalue weighted by Crippen LogP contribution is 2.28. The minimum absolute atomic E-state index is 0.0317. The number of nitro benzene ring substituents is 1. The number of nitro groups is 1. The molecule has 2 aromatic rings. The molecule has 0 aliphatic heterocycles. The molecule has 0 saturated heterocycles. The Labute approximate surface area is 173 Å². The van der Waals surface area contributed by atoms with Crippen molar-refractivity contribution in [2.45, 2.75) is 11.4 Å². The maximum atomic E-state index is 12.3. The van der Waals surface area contributed by atoms with Gasteiger partial charge in [0.1, 0.15) is 0 Å². The maximum absolute atomic E-state index is 12.3. The summed E-state index contributed by atoms with van der Waals surface area (Å²) in [5.41, 5.74) is 1.86. The highest BCUT2D eigenvalue weighted by Gasteiger charge is 2.19. The van der Waals surface area contributed by atoms with E-state index in [2.05, 4.69) is 0 Å². The van der Waals surface area contributed by atoms with Crippen molar-refractivity contribution in [3.05, 3.63) is 63.7 Å². The Balaban J connectivity index is 1.94. The third-order valence-electron chi connectivity index (χ3n) is 4.24. The molecule has 2 rings (SSSR count). The van der Waals surface area contributed by atoms with Crippen LogP contribution in [0.25, 0.3) is 0 Å². The lowest BCUT2D eigenvalue weighted by molar-refractivity contribution is -0.387. The third kappa shape index (κ3) is 5.95. The average Bonchev–Trinajstić information content (AvgIpc) is 2.71. The van der Waals surface area contributed by atoms with Crippen molar-refractivity contribution in [2.75, 3.05) is 38.9 Å². The summed E-state index contributed by atoms with van der Waals surface area (Å²) in [6, 6.07) is 11.9. The van der Waals surface area contributed by atoms with E-state index in [0.717, 1.165) is 17.3 Å². The van der Waals surface area contributed by atoms with Gasteiger partial charge in [0.25, 0.3) is 11.6 Å². The molecule has 0 N–H and O–H groups in total. The van der Waals surface area contributed by atoms with E-state index in [9.17, 15) is 19.7 Å². The van der Waals surface area contributed by atoms with Gasteiger partial charge < -0.3 is 14.5 Å². The minimum atomic E-state index is -0.780. The molecule has 0 unspecified atom stereocenters. The first-order valence-electron chi connectivity index (χ1n) is 8.72. The van der Waals surface area contributed by atoms with Gasteiger partial charge in [0, 0.05) is 39.4 Å². The molecule has 1 amide bonds. The van der Waals surface area contributed by atoms with Gasteiger partial charge in [-0.2, -0.15) is 0 Å². The number of rotatable bonds is 8. The molecule has 8 nitrogen and oxygen atoms in total. The van der Waals surface area contributed by atoms with Gasteiger partial charge >= 0.3 is 5.97 Å². The Morgan fingerprint density at radius 1 is 1.10 bits per heavy atom. The molecule has 154 valence electrons. The first-order chi connectivity index (χ1) is 13.7. The highest BCUT2D eigenvalue weighted by atomic mass is 32.2. The van der Waals surface area contributed by atoms with Gasteiger partial charge in [-0.05, 0) is 36.1 Å². The summed E-state index contributed by atoms with van der Waals surface area (Å²) in [7, 11) is 5.51. The normalized spacial score (nSPS) is 10.3. The molecular weight excluding hydrogens is 394 g/mol. The molecule has 0 aliphatic rings. The number of hydrogen-bond acceptors (Lipinski definition) is 7. The first-order valence-corrected chi connectivity index (χ1v) is 9.95. The monoisotopic (exact) mass is 417 g/mol. The fourth-order valence-corrected chi connectivity index (χ4v) is 3.09. The predicted molar refractivity (Wildman–Crippen MR) is 112 cm³/mol. The summed E-state index contributed by atoms with van der Waals surface area (Å²) in [4.78, 5) is 38.9. The van der Waals surface area contributed by atoms with E-state index in [1.807, 2.05) is 43.3 Å². The molecule has 0 heterocycles. The van der Waals surface area contributed by atoms with Gasteiger partial charge in [-0.15, -0.1) is 11.8 Å². The zero-order valence-electron chi connectivity index (χ0n) is 16.7. The fraction of sp³-hybridized carbons (Fsp3) is 0.300. The van der Waals surface area contributed by atoms with Crippen molar-refractivity contribution in [3.63, 3.8) is 0 Å². The Hall–Kier alpha value is -3.07. The molecule has 29 heavy (non-hydrogen) atoms. The van der Waals surface area contributed by atoms with Crippen molar-refractivity contribution >= 4 is 35.0 Å². The lowest BCUT2D eigenvalue weighted by Crippen LogP contribution is -2.30. The molecule has 0 atom stereocenters. The largest absolute Gasteiger partial charge is 0.452 e. The van der Waals surface area contributed by atoms with E-state index in [-0.39, 0.29) is 17.2 Å². The van der Waals surface area contributed by atoms with E-state index in [0.29, 0.717) is 11.4 Å². The van der Waals surface area contributed by atoms with Crippen LogP contribution in [0, 0.1) is 10.1 Å². The summed E-state index contributed by atoms with van der Waals surface area (Å²) in [6.45, 7) is -0.0683. The number of likely N-dealkylation sites (N-methyl/N-ethyl adjacent to an activating group) is 1. The SMILES string of the molecule is CSc1ccc(C(=O)OCC(=O)N(C)Cc2ccc(N(C)C)cc2)cc1[N+](=O)[O-]. The van der Waals surface area contributed by atoms with Gasteiger partial charge in [0.05, 0.1) is 15.4 Å². The van der Waals surface area contributed by atoms with Gasteiger partial charge in [-0.3, -0.25) is 14.9 Å². The number of esters is 1. The summed E-state index contributed by atoms with van der Waals surface area (Å²) in [5, 5.41) is 11.1. The lowest BCUT2D eigenvalue weighted by Gasteiger charge is -2.18. The lowest BCUT2D eigenvalue weighted by atomic mass is 10.2. The Kier molecular flexibility index (Phi) is 7.60. The first kappa shape index (κ1) is 22.2. The molecule has 0 bridgehead atoms. The summed E-state index contributed by atoms with van der Waals surface area (Å²) in [5.74, 6) is -1.15. The van der Waals surface area contributed by atoms with E-state index >= 15 is 0 Å². The van der Waals surface area contributed by atoms with Crippen molar-refractivity contribution in [1.82, 2.24) is 4.90 Å². The molecule has 2 aromatic carbocycles. The molecule has 0 aliphatic carbocycles. The second-order valence-corrected chi connectivity index (χ2v) is 7.38. The van der Waals surface area contributed by atoms with Crippen LogP contribution in [-0.4, -0.2) is 55.7 Å². The average molecular weight is 417 g/mol. The van der Waals surface area contributed by atoms with Crippen molar-refractivity contribution in [1.29, 1.82) is 0 Å². The molecule has 0 saturated carbocycles. The van der Waals surface area contributed by atoms with Gasteiger partial charge in [0.15, 0.2) is 6.61 Å². The number of nitrogens with zero attached hydrogens (tertiary/aromatic N) is 3. The smallest absolute Gasteiger partial charge is 0.338 e.